The Morgan fingerprint density at radius 1 is 1.60 bits per heavy atom. The third-order valence-corrected chi connectivity index (χ3v) is 3.51. The van der Waals surface area contributed by atoms with Crippen molar-refractivity contribution in [1.29, 1.82) is 0 Å². The molecular formula is C11H20ClNO2. The van der Waals surface area contributed by atoms with Crippen molar-refractivity contribution in [1.82, 2.24) is 4.90 Å². The van der Waals surface area contributed by atoms with E-state index in [2.05, 4.69) is 25.7 Å². The number of aliphatic carboxylic acids is 1. The minimum Gasteiger partial charge on any atom is -0.480 e. The van der Waals surface area contributed by atoms with Crippen LogP contribution in [-0.4, -0.2) is 41.0 Å². The Hall–Kier alpha value is -0.280. The highest BCUT2D eigenvalue weighted by atomic mass is 35.5. The molecule has 88 valence electrons. The lowest BCUT2D eigenvalue weighted by Gasteiger charge is -2.27. The van der Waals surface area contributed by atoms with E-state index in [1.165, 1.54) is 0 Å². The van der Waals surface area contributed by atoms with Crippen LogP contribution in [0.25, 0.3) is 0 Å². The molecule has 1 aliphatic heterocycles. The van der Waals surface area contributed by atoms with Gasteiger partial charge in [0.15, 0.2) is 0 Å². The summed E-state index contributed by atoms with van der Waals surface area (Å²) in [4.78, 5) is 12.8. The maximum Gasteiger partial charge on any atom is 0.322 e. The molecule has 1 aliphatic rings. The summed E-state index contributed by atoms with van der Waals surface area (Å²) in [6.07, 6.45) is 1.15. The van der Waals surface area contributed by atoms with Gasteiger partial charge in [-0.2, -0.15) is 0 Å². The molecular weight excluding hydrogens is 214 g/mol. The predicted molar refractivity (Wildman–Crippen MR) is 61.3 cm³/mol. The van der Waals surface area contributed by atoms with E-state index < -0.39 is 11.3 Å². The SMILES string of the molecule is CC(C)(C)C1CCN(CC(Cl)C(=O)O)C1. The van der Waals surface area contributed by atoms with E-state index in [9.17, 15) is 4.79 Å². The van der Waals surface area contributed by atoms with Crippen LogP contribution < -0.4 is 0 Å². The number of carboxylic acid groups (broad SMARTS) is 1. The zero-order chi connectivity index (χ0) is 11.6. The Morgan fingerprint density at radius 3 is 2.60 bits per heavy atom. The van der Waals surface area contributed by atoms with Gasteiger partial charge < -0.3 is 10.0 Å². The molecule has 1 N–H and O–H groups in total. The van der Waals surface area contributed by atoms with Crippen LogP contribution in [0.1, 0.15) is 27.2 Å². The Morgan fingerprint density at radius 2 is 2.20 bits per heavy atom. The minimum atomic E-state index is -0.920. The maximum absolute atomic E-state index is 10.6. The fraction of sp³-hybridized carbons (Fsp3) is 0.909. The molecule has 0 amide bonds. The van der Waals surface area contributed by atoms with Crippen LogP contribution in [0.4, 0.5) is 0 Å². The lowest BCUT2D eigenvalue weighted by atomic mass is 9.80. The molecule has 0 aliphatic carbocycles. The molecule has 4 heteroatoms. The van der Waals surface area contributed by atoms with E-state index in [0.717, 1.165) is 19.5 Å². The Balaban J connectivity index is 2.40. The largest absolute Gasteiger partial charge is 0.480 e. The van der Waals surface area contributed by atoms with Gasteiger partial charge in [-0.1, -0.05) is 20.8 Å². The fourth-order valence-electron chi connectivity index (χ4n) is 2.01. The van der Waals surface area contributed by atoms with Crippen molar-refractivity contribution in [2.45, 2.75) is 32.6 Å². The van der Waals surface area contributed by atoms with Gasteiger partial charge in [-0.3, -0.25) is 4.79 Å². The lowest BCUT2D eigenvalue weighted by Crippen LogP contribution is -2.33. The zero-order valence-corrected chi connectivity index (χ0v) is 10.4. The smallest absolute Gasteiger partial charge is 0.322 e. The molecule has 1 fully saturated rings. The second kappa shape index (κ2) is 4.71. The highest BCUT2D eigenvalue weighted by molar-refractivity contribution is 6.29. The quantitative estimate of drug-likeness (QED) is 0.759. The van der Waals surface area contributed by atoms with Gasteiger partial charge in [0.05, 0.1) is 0 Å². The summed E-state index contributed by atoms with van der Waals surface area (Å²) in [5, 5.41) is 7.94. The summed E-state index contributed by atoms with van der Waals surface area (Å²) >= 11 is 5.72. The van der Waals surface area contributed by atoms with E-state index in [4.69, 9.17) is 16.7 Å². The van der Waals surface area contributed by atoms with Crippen LogP contribution in [0.2, 0.25) is 0 Å². The van der Waals surface area contributed by atoms with Crippen molar-refractivity contribution < 1.29 is 9.90 Å². The molecule has 0 saturated carbocycles. The lowest BCUT2D eigenvalue weighted by molar-refractivity contribution is -0.136. The van der Waals surface area contributed by atoms with Gasteiger partial charge in [-0.05, 0) is 24.3 Å². The van der Waals surface area contributed by atoms with Crippen LogP contribution in [0, 0.1) is 11.3 Å². The summed E-state index contributed by atoms with van der Waals surface area (Å²) in [6, 6.07) is 0. The predicted octanol–water partition coefficient (Wildman–Crippen LogP) is 2.05. The van der Waals surface area contributed by atoms with Gasteiger partial charge in [0, 0.05) is 13.1 Å². The number of carboxylic acids is 1. The zero-order valence-electron chi connectivity index (χ0n) is 9.66. The van der Waals surface area contributed by atoms with E-state index in [1.54, 1.807) is 0 Å². The average Bonchev–Trinajstić information content (AvgIpc) is 2.51. The van der Waals surface area contributed by atoms with Gasteiger partial charge >= 0.3 is 5.97 Å². The first-order chi connectivity index (χ1) is 6.80. The van der Waals surface area contributed by atoms with Gasteiger partial charge in [-0.15, -0.1) is 11.6 Å². The molecule has 0 bridgehead atoms. The van der Waals surface area contributed by atoms with Crippen LogP contribution in [0.5, 0.6) is 0 Å². The van der Waals surface area contributed by atoms with Crippen molar-refractivity contribution >= 4 is 17.6 Å². The average molecular weight is 234 g/mol. The highest BCUT2D eigenvalue weighted by Gasteiger charge is 2.33. The van der Waals surface area contributed by atoms with Crippen molar-refractivity contribution in [3.8, 4) is 0 Å². The molecule has 15 heavy (non-hydrogen) atoms. The molecule has 2 atom stereocenters. The first-order valence-corrected chi connectivity index (χ1v) is 5.83. The van der Waals surface area contributed by atoms with Crippen LogP contribution in [-0.2, 0) is 4.79 Å². The number of hydrogen-bond donors (Lipinski definition) is 1. The highest BCUT2D eigenvalue weighted by Crippen LogP contribution is 2.33. The molecule has 0 radical (unpaired) electrons. The summed E-state index contributed by atoms with van der Waals surface area (Å²) in [6.45, 7) is 9.10. The number of halogens is 1. The number of carbonyl (C=O) groups is 1. The minimum absolute atomic E-state index is 0.305. The summed E-state index contributed by atoms with van der Waals surface area (Å²) < 4.78 is 0. The first kappa shape index (κ1) is 12.8. The molecule has 2 unspecified atom stereocenters. The van der Waals surface area contributed by atoms with Gasteiger partial charge in [-0.25, -0.2) is 0 Å². The molecule has 0 spiro atoms. The van der Waals surface area contributed by atoms with E-state index >= 15 is 0 Å². The third-order valence-electron chi connectivity index (χ3n) is 3.18. The number of nitrogens with zero attached hydrogens (tertiary/aromatic N) is 1. The molecule has 0 aromatic heterocycles. The molecule has 1 rings (SSSR count). The summed E-state index contributed by atoms with van der Waals surface area (Å²) in [7, 11) is 0. The van der Waals surface area contributed by atoms with E-state index in [-0.39, 0.29) is 0 Å². The molecule has 0 aromatic carbocycles. The fourth-order valence-corrected chi connectivity index (χ4v) is 2.21. The van der Waals surface area contributed by atoms with Crippen LogP contribution in [0.3, 0.4) is 0 Å². The molecule has 1 saturated heterocycles. The Kier molecular flexibility index (Phi) is 4.01. The van der Waals surface area contributed by atoms with Crippen molar-refractivity contribution in [3.63, 3.8) is 0 Å². The maximum atomic E-state index is 10.6. The van der Waals surface area contributed by atoms with Crippen LogP contribution >= 0.6 is 11.6 Å². The number of likely N-dealkylation sites (tertiary alicyclic amines) is 1. The van der Waals surface area contributed by atoms with Gasteiger partial charge in [0.1, 0.15) is 5.38 Å². The topological polar surface area (TPSA) is 40.5 Å². The monoisotopic (exact) mass is 233 g/mol. The van der Waals surface area contributed by atoms with Crippen LogP contribution in [0.15, 0.2) is 0 Å². The standard InChI is InChI=1S/C11H20ClNO2/c1-11(2,3)8-4-5-13(6-8)7-9(12)10(14)15/h8-9H,4-7H2,1-3H3,(H,14,15). The second-order valence-electron chi connectivity index (χ2n) is 5.42. The summed E-state index contributed by atoms with van der Waals surface area (Å²) in [5.41, 5.74) is 0.305. The van der Waals surface area contributed by atoms with Crippen molar-refractivity contribution in [2.75, 3.05) is 19.6 Å². The third kappa shape index (κ3) is 3.65. The van der Waals surface area contributed by atoms with Crippen molar-refractivity contribution in [2.24, 2.45) is 11.3 Å². The first-order valence-electron chi connectivity index (χ1n) is 5.40. The second-order valence-corrected chi connectivity index (χ2v) is 5.94. The normalized spacial score (nSPS) is 25.5. The Labute approximate surface area is 96.4 Å². The summed E-state index contributed by atoms with van der Waals surface area (Å²) in [5.74, 6) is -0.272. The number of rotatable bonds is 3. The molecule has 0 aromatic rings. The number of alkyl halides is 1. The number of hydrogen-bond acceptors (Lipinski definition) is 2. The van der Waals surface area contributed by atoms with E-state index in [0.29, 0.717) is 17.9 Å². The van der Waals surface area contributed by atoms with Gasteiger partial charge in [0.2, 0.25) is 0 Å². The molecule has 1 heterocycles. The van der Waals surface area contributed by atoms with E-state index in [1.807, 2.05) is 0 Å². The van der Waals surface area contributed by atoms with Crippen molar-refractivity contribution in [3.05, 3.63) is 0 Å². The molecule has 3 nitrogen and oxygen atoms in total. The van der Waals surface area contributed by atoms with Gasteiger partial charge in [0.25, 0.3) is 0 Å². The Bertz CT molecular complexity index is 237.